The lowest BCUT2D eigenvalue weighted by molar-refractivity contribution is -0.141. The Morgan fingerprint density at radius 1 is 1.03 bits per heavy atom. The molecule has 4 unspecified atom stereocenters. The summed E-state index contributed by atoms with van der Waals surface area (Å²) in [5, 5.41) is 8.70. The largest absolute Gasteiger partial charge is 0.491 e. The van der Waals surface area contributed by atoms with Gasteiger partial charge < -0.3 is 24.1 Å². The van der Waals surface area contributed by atoms with Gasteiger partial charge in [-0.2, -0.15) is 0 Å². The molecule has 1 saturated carbocycles. The lowest BCUT2D eigenvalue weighted by atomic mass is 9.69. The second kappa shape index (κ2) is 11.7. The summed E-state index contributed by atoms with van der Waals surface area (Å²) in [6.07, 6.45) is 5.48. The summed E-state index contributed by atoms with van der Waals surface area (Å²) in [6, 6.07) is 12.5. The first-order valence-corrected chi connectivity index (χ1v) is 11.8. The van der Waals surface area contributed by atoms with E-state index >= 15 is 0 Å². The molecular weight excluding hydrogens is 458 g/mol. The van der Waals surface area contributed by atoms with Crippen molar-refractivity contribution < 1.29 is 37.6 Å². The Kier molecular flexibility index (Phi) is 8.49. The average Bonchev–Trinajstić information content (AvgIpc) is 3.41. The van der Waals surface area contributed by atoms with Gasteiger partial charge in [0.1, 0.15) is 30.6 Å². The molecule has 8 heteroatoms. The lowest BCUT2D eigenvalue weighted by Crippen LogP contribution is -2.41. The zero-order chi connectivity index (χ0) is 24.7. The molecule has 0 spiro atoms. The molecule has 4 atom stereocenters. The summed E-state index contributed by atoms with van der Waals surface area (Å²) in [5.74, 6) is -0.647. The van der Waals surface area contributed by atoms with E-state index in [4.69, 9.17) is 24.1 Å². The van der Waals surface area contributed by atoms with Crippen molar-refractivity contribution in [2.45, 2.75) is 24.4 Å². The van der Waals surface area contributed by atoms with Crippen molar-refractivity contribution in [3.8, 4) is 5.75 Å². The fraction of sp³-hybridized carbons (Fsp3) is 0.444. The van der Waals surface area contributed by atoms with E-state index in [9.17, 15) is 13.6 Å². The number of carboxylic acid groups (broad SMARTS) is 1. The molecule has 0 radical (unpaired) electrons. The van der Waals surface area contributed by atoms with Crippen molar-refractivity contribution in [2.24, 2.45) is 11.8 Å². The maximum Gasteiger partial charge on any atom is 0.329 e. The third-order valence-electron chi connectivity index (χ3n) is 6.86. The van der Waals surface area contributed by atoms with Crippen LogP contribution in [-0.4, -0.2) is 56.8 Å². The fourth-order valence-electron chi connectivity index (χ4n) is 5.25. The zero-order valence-electron chi connectivity index (χ0n) is 19.4. The van der Waals surface area contributed by atoms with Crippen molar-refractivity contribution in [3.05, 3.63) is 77.9 Å². The number of aliphatic carboxylic acids is 1. The summed E-state index contributed by atoms with van der Waals surface area (Å²) in [4.78, 5) is 10.6. The van der Waals surface area contributed by atoms with Gasteiger partial charge in [-0.25, -0.2) is 13.6 Å². The third-order valence-corrected chi connectivity index (χ3v) is 6.86. The number of hydrogen-bond donors (Lipinski definition) is 1. The molecule has 0 amide bonds. The van der Waals surface area contributed by atoms with E-state index in [-0.39, 0.29) is 48.2 Å². The van der Waals surface area contributed by atoms with Crippen LogP contribution in [-0.2, 0) is 24.4 Å². The monoisotopic (exact) mass is 488 g/mol. The minimum Gasteiger partial charge on any atom is -0.491 e. The lowest BCUT2D eigenvalue weighted by Gasteiger charge is -2.39. The van der Waals surface area contributed by atoms with Crippen LogP contribution in [0.5, 0.6) is 5.75 Å². The number of fused-ring (bicyclic) bond motifs is 2. The zero-order valence-corrected chi connectivity index (χ0v) is 19.4. The molecule has 2 bridgehead atoms. The highest BCUT2D eigenvalue weighted by molar-refractivity contribution is 5.68. The number of hydrogen-bond acceptors (Lipinski definition) is 5. The molecule has 0 aromatic heterocycles. The van der Waals surface area contributed by atoms with Crippen LogP contribution in [0.15, 0.2) is 60.7 Å². The average molecular weight is 489 g/mol. The standard InChI is InChI=1S/C27H30F2O6/c28-20-6-4-19(5-7-20)27-15-25(35-18-27)23(24(27)3-1-2-12-32-17-26(30)31)16-33-13-14-34-22-10-8-21(29)9-11-22/h1-2,4-11,23-25H,3,12-18H2,(H,30,31)/b2-1-. The molecule has 1 heterocycles. The number of halogens is 2. The van der Waals surface area contributed by atoms with E-state index in [1.807, 2.05) is 24.3 Å². The van der Waals surface area contributed by atoms with Crippen molar-refractivity contribution >= 4 is 5.97 Å². The molecule has 1 aliphatic heterocycles. The van der Waals surface area contributed by atoms with E-state index in [2.05, 4.69) is 0 Å². The van der Waals surface area contributed by atoms with Gasteiger partial charge in [0.2, 0.25) is 0 Å². The molecule has 2 fully saturated rings. The van der Waals surface area contributed by atoms with E-state index in [1.54, 1.807) is 12.1 Å². The van der Waals surface area contributed by atoms with Crippen LogP contribution in [0, 0.1) is 23.5 Å². The molecule has 1 saturated heterocycles. The van der Waals surface area contributed by atoms with Crippen LogP contribution in [0.4, 0.5) is 8.78 Å². The van der Waals surface area contributed by atoms with E-state index in [0.29, 0.717) is 32.2 Å². The van der Waals surface area contributed by atoms with Gasteiger partial charge in [0.05, 0.1) is 32.5 Å². The normalized spacial score (nSPS) is 25.4. The predicted octanol–water partition coefficient (Wildman–Crippen LogP) is 4.38. The maximum absolute atomic E-state index is 13.6. The first-order chi connectivity index (χ1) is 17.0. The minimum atomic E-state index is -1.00. The SMILES string of the molecule is O=C(O)COC/C=C\CC1C(COCCOc2ccc(F)cc2)C2CC1(c1ccc(F)cc1)CO2. The Hall–Kier alpha value is -2.81. The van der Waals surface area contributed by atoms with Crippen molar-refractivity contribution in [1.29, 1.82) is 0 Å². The number of allylic oxidation sites excluding steroid dienone is 1. The quantitative estimate of drug-likeness (QED) is 0.333. The minimum absolute atomic E-state index is 0.0414. The van der Waals surface area contributed by atoms with E-state index in [1.165, 1.54) is 24.3 Å². The molecule has 1 N–H and O–H groups in total. The third kappa shape index (κ3) is 6.25. The van der Waals surface area contributed by atoms with Crippen LogP contribution in [0.25, 0.3) is 0 Å². The Balaban J connectivity index is 1.37. The van der Waals surface area contributed by atoms with Gasteiger partial charge in [-0.3, -0.25) is 0 Å². The number of rotatable bonds is 13. The fourth-order valence-corrected chi connectivity index (χ4v) is 5.25. The van der Waals surface area contributed by atoms with Gasteiger partial charge in [-0.1, -0.05) is 24.3 Å². The van der Waals surface area contributed by atoms with Crippen molar-refractivity contribution in [3.63, 3.8) is 0 Å². The highest BCUT2D eigenvalue weighted by Gasteiger charge is 2.59. The van der Waals surface area contributed by atoms with Crippen molar-refractivity contribution in [1.82, 2.24) is 0 Å². The molecule has 188 valence electrons. The highest BCUT2D eigenvalue weighted by atomic mass is 19.1. The molecule has 2 aliphatic rings. The van der Waals surface area contributed by atoms with Crippen molar-refractivity contribution in [2.75, 3.05) is 39.6 Å². The van der Waals surface area contributed by atoms with Crippen LogP contribution >= 0.6 is 0 Å². The predicted molar refractivity (Wildman–Crippen MR) is 124 cm³/mol. The molecule has 35 heavy (non-hydrogen) atoms. The second-order valence-corrected chi connectivity index (χ2v) is 8.98. The summed E-state index contributed by atoms with van der Waals surface area (Å²) >= 11 is 0. The van der Waals surface area contributed by atoms with Crippen LogP contribution in [0.3, 0.4) is 0 Å². The van der Waals surface area contributed by atoms with E-state index in [0.717, 1.165) is 18.4 Å². The highest BCUT2D eigenvalue weighted by Crippen LogP contribution is 2.56. The summed E-state index contributed by atoms with van der Waals surface area (Å²) in [7, 11) is 0. The smallest absolute Gasteiger partial charge is 0.329 e. The molecule has 6 nitrogen and oxygen atoms in total. The number of carboxylic acids is 1. The van der Waals surface area contributed by atoms with Crippen LogP contribution in [0.1, 0.15) is 18.4 Å². The Morgan fingerprint density at radius 2 is 1.74 bits per heavy atom. The van der Waals surface area contributed by atoms with Gasteiger partial charge in [0.15, 0.2) is 0 Å². The summed E-state index contributed by atoms with van der Waals surface area (Å²) in [5.41, 5.74) is 0.826. The summed E-state index contributed by atoms with van der Waals surface area (Å²) < 4.78 is 49.4. The first kappa shape index (κ1) is 25.3. The molecular formula is C27H30F2O6. The van der Waals surface area contributed by atoms with Gasteiger partial charge >= 0.3 is 5.97 Å². The van der Waals surface area contributed by atoms with E-state index < -0.39 is 5.97 Å². The Bertz CT molecular complexity index is 994. The number of benzene rings is 2. The Labute approximate surface area is 203 Å². The van der Waals surface area contributed by atoms with Gasteiger partial charge in [-0.15, -0.1) is 0 Å². The van der Waals surface area contributed by atoms with Gasteiger partial charge in [0, 0.05) is 11.3 Å². The number of ether oxygens (including phenoxy) is 4. The molecule has 2 aromatic rings. The maximum atomic E-state index is 13.6. The second-order valence-electron chi connectivity index (χ2n) is 8.98. The summed E-state index contributed by atoms with van der Waals surface area (Å²) in [6.45, 7) is 1.69. The molecule has 4 rings (SSSR count). The van der Waals surface area contributed by atoms with Gasteiger partial charge in [0.25, 0.3) is 0 Å². The van der Waals surface area contributed by atoms with Crippen LogP contribution in [0.2, 0.25) is 0 Å². The Morgan fingerprint density at radius 3 is 2.46 bits per heavy atom. The number of carbonyl (C=O) groups is 1. The molecule has 1 aliphatic carbocycles. The molecule has 2 aromatic carbocycles. The topological polar surface area (TPSA) is 74.2 Å². The first-order valence-electron chi connectivity index (χ1n) is 11.8. The van der Waals surface area contributed by atoms with Crippen LogP contribution < -0.4 is 4.74 Å². The van der Waals surface area contributed by atoms with Gasteiger partial charge in [-0.05, 0) is 60.7 Å².